The van der Waals surface area contributed by atoms with E-state index in [0.717, 1.165) is 6.42 Å². The van der Waals surface area contributed by atoms with E-state index in [1.54, 1.807) is 30.3 Å². The minimum atomic E-state index is -0.941. The summed E-state index contributed by atoms with van der Waals surface area (Å²) in [7, 11) is 0. The second-order valence-corrected chi connectivity index (χ2v) is 8.79. The third kappa shape index (κ3) is 4.38. The number of ether oxygens (including phenoxy) is 2. The number of fused-ring (bicyclic) bond motifs is 1. The molecular weight excluding hydrogens is 430 g/mol. The number of ketones is 1. The number of carboxylic acid groups (broad SMARTS) is 1. The van der Waals surface area contributed by atoms with E-state index in [4.69, 9.17) is 9.47 Å². The third-order valence-corrected chi connectivity index (χ3v) is 6.57. The van der Waals surface area contributed by atoms with E-state index in [1.807, 2.05) is 18.2 Å². The average Bonchev–Trinajstić information content (AvgIpc) is 3.63. The Morgan fingerprint density at radius 3 is 2.56 bits per heavy atom. The number of aliphatic carboxylic acids is 1. The molecule has 170 valence electrons. The highest BCUT2D eigenvalue weighted by Gasteiger charge is 2.39. The van der Waals surface area contributed by atoms with Gasteiger partial charge in [-0.05, 0) is 60.6 Å². The highest BCUT2D eigenvalue weighted by molar-refractivity contribution is 5.96. The maximum absolute atomic E-state index is 12.7. The van der Waals surface area contributed by atoms with Gasteiger partial charge in [-0.3, -0.25) is 9.59 Å². The molecule has 1 saturated carbocycles. The third-order valence-electron chi connectivity index (χ3n) is 6.57. The van der Waals surface area contributed by atoms with E-state index in [9.17, 15) is 20.0 Å². The minimum Gasteiger partial charge on any atom is -0.493 e. The zero-order valence-electron chi connectivity index (χ0n) is 18.4. The quantitative estimate of drug-likeness (QED) is 0.463. The summed E-state index contributed by atoms with van der Waals surface area (Å²) in [6.45, 7) is 0.290. The van der Waals surface area contributed by atoms with Crippen LogP contribution in [0.2, 0.25) is 0 Å². The molecule has 1 fully saturated rings. The first kappa shape index (κ1) is 21.7. The molecule has 2 aliphatic rings. The Bertz CT molecular complexity index is 1280. The fourth-order valence-corrected chi connectivity index (χ4v) is 4.62. The summed E-state index contributed by atoms with van der Waals surface area (Å²) in [6.07, 6.45) is 1.91. The summed E-state index contributed by atoms with van der Waals surface area (Å²) in [5, 5.41) is 19.0. The van der Waals surface area contributed by atoms with Gasteiger partial charge in [-0.25, -0.2) is 0 Å². The van der Waals surface area contributed by atoms with Crippen molar-refractivity contribution >= 4 is 11.8 Å². The Labute approximate surface area is 197 Å². The molecule has 3 aromatic carbocycles. The second-order valence-electron chi connectivity index (χ2n) is 8.79. The van der Waals surface area contributed by atoms with E-state index in [-0.39, 0.29) is 23.7 Å². The number of benzene rings is 3. The van der Waals surface area contributed by atoms with Crippen molar-refractivity contribution in [3.05, 3.63) is 89.0 Å². The van der Waals surface area contributed by atoms with Crippen molar-refractivity contribution in [1.82, 2.24) is 0 Å². The molecule has 0 aromatic heterocycles. The van der Waals surface area contributed by atoms with Crippen LogP contribution in [0.3, 0.4) is 0 Å². The van der Waals surface area contributed by atoms with Crippen molar-refractivity contribution in [3.8, 4) is 23.3 Å². The number of nitriles is 1. The fourth-order valence-electron chi connectivity index (χ4n) is 4.62. The fraction of sp³-hybridized carbons (Fsp3) is 0.250. The van der Waals surface area contributed by atoms with Gasteiger partial charge in [0, 0.05) is 23.6 Å². The number of carboxylic acids is 1. The first-order valence-corrected chi connectivity index (χ1v) is 11.3. The SMILES string of the molecule is N#Cc1cc2c(cc1Oc1ccc(C(=O)CC3CC3c3ccccc3)cc1)OCCC2C(=O)O. The van der Waals surface area contributed by atoms with Gasteiger partial charge in [-0.1, -0.05) is 30.3 Å². The van der Waals surface area contributed by atoms with Gasteiger partial charge in [0.15, 0.2) is 5.78 Å². The molecule has 6 nitrogen and oxygen atoms in total. The Hall–Kier alpha value is -4.11. The van der Waals surface area contributed by atoms with Gasteiger partial charge in [0.1, 0.15) is 23.3 Å². The molecule has 5 rings (SSSR count). The lowest BCUT2D eigenvalue weighted by Crippen LogP contribution is -2.21. The number of nitrogens with zero attached hydrogens (tertiary/aromatic N) is 1. The van der Waals surface area contributed by atoms with Gasteiger partial charge in [0.05, 0.1) is 18.1 Å². The molecule has 0 amide bonds. The first-order valence-electron chi connectivity index (χ1n) is 11.3. The van der Waals surface area contributed by atoms with Crippen molar-refractivity contribution < 1.29 is 24.2 Å². The lowest BCUT2D eigenvalue weighted by Gasteiger charge is -2.24. The molecule has 0 bridgehead atoms. The van der Waals surface area contributed by atoms with E-state index >= 15 is 0 Å². The van der Waals surface area contributed by atoms with Gasteiger partial charge in [0.2, 0.25) is 0 Å². The van der Waals surface area contributed by atoms with Gasteiger partial charge in [-0.15, -0.1) is 0 Å². The lowest BCUT2D eigenvalue weighted by atomic mass is 9.91. The lowest BCUT2D eigenvalue weighted by molar-refractivity contribution is -0.139. The second kappa shape index (κ2) is 9.03. The number of carbonyl (C=O) groups is 2. The molecule has 1 aliphatic heterocycles. The number of hydrogen-bond acceptors (Lipinski definition) is 5. The van der Waals surface area contributed by atoms with Crippen LogP contribution < -0.4 is 9.47 Å². The summed E-state index contributed by atoms with van der Waals surface area (Å²) in [5.74, 6) is 0.485. The summed E-state index contributed by atoms with van der Waals surface area (Å²) in [5.41, 5.74) is 2.64. The number of carbonyl (C=O) groups excluding carboxylic acids is 1. The van der Waals surface area contributed by atoms with Crippen LogP contribution in [0.1, 0.15) is 58.1 Å². The van der Waals surface area contributed by atoms with Gasteiger partial charge < -0.3 is 14.6 Å². The molecule has 3 aromatic rings. The monoisotopic (exact) mass is 453 g/mol. The summed E-state index contributed by atoms with van der Waals surface area (Å²) in [6, 6.07) is 22.3. The molecule has 3 unspecified atom stereocenters. The predicted molar refractivity (Wildman–Crippen MR) is 124 cm³/mol. The molecule has 0 saturated heterocycles. The normalized spacial score (nSPS) is 20.4. The largest absolute Gasteiger partial charge is 0.493 e. The van der Waals surface area contributed by atoms with E-state index in [2.05, 4.69) is 18.2 Å². The minimum absolute atomic E-state index is 0.106. The van der Waals surface area contributed by atoms with E-state index in [0.29, 0.717) is 47.3 Å². The Morgan fingerprint density at radius 2 is 1.85 bits per heavy atom. The molecular formula is C28H23NO5. The first-order chi connectivity index (χ1) is 16.5. The van der Waals surface area contributed by atoms with Crippen LogP contribution in [0.25, 0.3) is 0 Å². The molecule has 0 radical (unpaired) electrons. The number of hydrogen-bond donors (Lipinski definition) is 1. The van der Waals surface area contributed by atoms with Crippen LogP contribution in [-0.4, -0.2) is 23.5 Å². The van der Waals surface area contributed by atoms with Crippen molar-refractivity contribution in [2.45, 2.75) is 31.1 Å². The van der Waals surface area contributed by atoms with Gasteiger partial charge in [-0.2, -0.15) is 5.26 Å². The standard InChI is InChI=1S/C28H23NO5/c29-16-20-13-24-22(28(31)32)10-11-33-27(24)15-26(20)34-21-8-6-18(7-9-21)25(30)14-19-12-23(19)17-4-2-1-3-5-17/h1-9,13,15,19,22-23H,10-12,14H2,(H,31,32). The molecule has 1 aliphatic carbocycles. The van der Waals surface area contributed by atoms with Crippen molar-refractivity contribution in [1.29, 1.82) is 5.26 Å². The van der Waals surface area contributed by atoms with Crippen molar-refractivity contribution in [2.75, 3.05) is 6.61 Å². The van der Waals surface area contributed by atoms with Crippen molar-refractivity contribution in [3.63, 3.8) is 0 Å². The maximum Gasteiger partial charge on any atom is 0.311 e. The van der Waals surface area contributed by atoms with Gasteiger partial charge >= 0.3 is 5.97 Å². The maximum atomic E-state index is 12.7. The number of Topliss-reactive ketones (excluding diaryl/α,β-unsaturated/α-hetero) is 1. The highest BCUT2D eigenvalue weighted by Crippen LogP contribution is 2.50. The topological polar surface area (TPSA) is 96.6 Å². The molecule has 1 N–H and O–H groups in total. The average molecular weight is 453 g/mol. The van der Waals surface area contributed by atoms with Crippen LogP contribution in [0, 0.1) is 17.2 Å². The molecule has 1 heterocycles. The van der Waals surface area contributed by atoms with Crippen LogP contribution in [0.15, 0.2) is 66.7 Å². The molecule has 0 spiro atoms. The summed E-state index contributed by atoms with van der Waals surface area (Å²) >= 11 is 0. The Morgan fingerprint density at radius 1 is 1.09 bits per heavy atom. The van der Waals surface area contributed by atoms with Crippen molar-refractivity contribution in [2.24, 2.45) is 5.92 Å². The zero-order valence-corrected chi connectivity index (χ0v) is 18.4. The smallest absolute Gasteiger partial charge is 0.311 e. The summed E-state index contributed by atoms with van der Waals surface area (Å²) in [4.78, 5) is 24.3. The van der Waals surface area contributed by atoms with Gasteiger partial charge in [0.25, 0.3) is 0 Å². The van der Waals surface area contributed by atoms with Crippen LogP contribution >= 0.6 is 0 Å². The van der Waals surface area contributed by atoms with E-state index in [1.165, 1.54) is 11.6 Å². The molecule has 34 heavy (non-hydrogen) atoms. The molecule has 3 atom stereocenters. The van der Waals surface area contributed by atoms with Crippen LogP contribution in [-0.2, 0) is 4.79 Å². The summed E-state index contributed by atoms with van der Waals surface area (Å²) < 4.78 is 11.5. The number of rotatable bonds is 7. The van der Waals surface area contributed by atoms with Crippen LogP contribution in [0.4, 0.5) is 0 Å². The highest BCUT2D eigenvalue weighted by atomic mass is 16.5. The predicted octanol–water partition coefficient (Wildman–Crippen LogP) is 5.68. The Balaban J connectivity index is 1.27. The van der Waals surface area contributed by atoms with E-state index < -0.39 is 11.9 Å². The Kier molecular flexibility index (Phi) is 5.77. The van der Waals surface area contributed by atoms with Crippen LogP contribution in [0.5, 0.6) is 17.2 Å². The zero-order chi connectivity index (χ0) is 23.7. The molecule has 6 heteroatoms.